The van der Waals surface area contributed by atoms with Gasteiger partial charge in [-0.15, -0.1) is 0 Å². The van der Waals surface area contributed by atoms with Crippen molar-refractivity contribution in [2.75, 3.05) is 19.9 Å². The molecular formula is C42H47FN8O12. The van der Waals surface area contributed by atoms with Crippen molar-refractivity contribution in [3.8, 4) is 11.4 Å². The molecule has 0 saturated carbocycles. The van der Waals surface area contributed by atoms with E-state index in [1.807, 2.05) is 0 Å². The Morgan fingerprint density at radius 2 is 1.54 bits per heavy atom. The molecule has 63 heavy (non-hydrogen) atoms. The zero-order valence-corrected chi connectivity index (χ0v) is 34.9. The lowest BCUT2D eigenvalue weighted by molar-refractivity contribution is -0.157. The van der Waals surface area contributed by atoms with E-state index in [1.54, 1.807) is 13.0 Å². The number of halogens is 1. The Kier molecular flexibility index (Phi) is 14.1. The van der Waals surface area contributed by atoms with Gasteiger partial charge in [0, 0.05) is 54.2 Å². The van der Waals surface area contributed by atoms with Gasteiger partial charge in [-0.05, 0) is 63.8 Å². The molecule has 6 rings (SSSR count). The normalized spacial score (nSPS) is 16.4. The molecule has 0 fully saturated rings. The third-order valence-electron chi connectivity index (χ3n) is 10.9. The van der Waals surface area contributed by atoms with E-state index >= 15 is 0 Å². The fraction of sp³-hybridized carbons (Fsp3) is 0.429. The number of aliphatic hydroxyl groups is 1. The number of nitrogens with one attached hydrogen (secondary N) is 5. The molecule has 6 N–H and O–H groups in total. The van der Waals surface area contributed by atoms with Crippen molar-refractivity contribution in [3.05, 3.63) is 74.3 Å². The summed E-state index contributed by atoms with van der Waals surface area (Å²) in [7, 11) is 0. The molecule has 5 heterocycles. The number of carbonyl (C=O) groups is 8. The Bertz CT molecular complexity index is 2490. The Morgan fingerprint density at radius 3 is 2.24 bits per heavy atom. The zero-order valence-electron chi connectivity index (χ0n) is 34.9. The van der Waals surface area contributed by atoms with E-state index in [9.17, 15) is 52.6 Å². The molecule has 3 aromatic rings. The minimum atomic E-state index is -1.66. The van der Waals surface area contributed by atoms with Crippen molar-refractivity contribution in [3.63, 3.8) is 0 Å². The molecule has 4 atom stereocenters. The highest BCUT2D eigenvalue weighted by Gasteiger charge is 2.35. The van der Waals surface area contributed by atoms with Crippen LogP contribution in [-0.4, -0.2) is 105 Å². The summed E-state index contributed by atoms with van der Waals surface area (Å²) in [5.41, 5.74) is 2.08. The quantitative estimate of drug-likeness (QED) is 0.0324. The number of ether oxygens (including phenoxy) is 2. The first-order chi connectivity index (χ1) is 29.9. The van der Waals surface area contributed by atoms with Crippen LogP contribution in [-0.2, 0) is 67.5 Å². The number of imide groups is 1. The topological polar surface area (TPSA) is 274 Å². The van der Waals surface area contributed by atoms with Crippen molar-refractivity contribution >= 4 is 58.2 Å². The number of aromatic nitrogens is 2. The second-order valence-electron chi connectivity index (χ2n) is 15.4. The van der Waals surface area contributed by atoms with E-state index in [0.717, 1.165) is 4.90 Å². The largest absolute Gasteiger partial charge is 0.458 e. The number of aryl methyl sites for hydroxylation is 1. The molecule has 3 aliphatic heterocycles. The fourth-order valence-electron chi connectivity index (χ4n) is 7.27. The Labute approximate surface area is 358 Å². The molecule has 334 valence electrons. The van der Waals surface area contributed by atoms with Crippen molar-refractivity contribution in [1.29, 1.82) is 0 Å². The van der Waals surface area contributed by atoms with E-state index in [4.69, 9.17) is 9.47 Å². The molecular weight excluding hydrogens is 828 g/mol. The van der Waals surface area contributed by atoms with Crippen molar-refractivity contribution in [2.45, 2.75) is 97.3 Å². The number of rotatable bonds is 18. The van der Waals surface area contributed by atoms with Gasteiger partial charge in [0.25, 0.3) is 17.4 Å². The summed E-state index contributed by atoms with van der Waals surface area (Å²) in [5.74, 6) is -5.08. The summed E-state index contributed by atoms with van der Waals surface area (Å²) in [6.07, 6.45) is 2.44. The van der Waals surface area contributed by atoms with Crippen molar-refractivity contribution < 1.29 is 57.3 Å². The average molecular weight is 875 g/mol. The average Bonchev–Trinajstić information content (AvgIpc) is 3.77. The lowest BCUT2D eigenvalue weighted by Crippen LogP contribution is -2.54. The first kappa shape index (κ1) is 45.7. The monoisotopic (exact) mass is 874 g/mol. The molecule has 3 aliphatic rings. The molecule has 2 aromatic heterocycles. The standard InChI is InChI=1S/C42H47FN8O12/c1-20-12-24-26(27-16-51-31(36(27)49-30(24)14-29(20)43)13-25-28(41(51)60)17-63-42(61)37(25)56)15-44-33(53)18-62-19-45-38(57)21(2)47-40(59)23(4)48-39(58)22(3)46-32(52)8-6-5-7-11-50-34(54)9-10-35(50)55/h9-10,12-14,21-23,37,56H,5-8,11,15-19H2,1-4H3,(H,44,53)(H,45,57)(H,46,52)(H,47,59)(H,48,58)/t21-,22-,23+,37-/m0/s1. The molecule has 0 saturated heterocycles. The maximum Gasteiger partial charge on any atom is 0.340 e. The molecule has 0 spiro atoms. The molecule has 0 aliphatic carbocycles. The van der Waals surface area contributed by atoms with Crippen molar-refractivity contribution in [2.24, 2.45) is 0 Å². The number of nitrogens with zero attached hydrogens (tertiary/aromatic N) is 3. The van der Waals surface area contributed by atoms with Crippen LogP contribution in [0.1, 0.15) is 80.4 Å². The van der Waals surface area contributed by atoms with Crippen LogP contribution in [0.15, 0.2) is 35.1 Å². The van der Waals surface area contributed by atoms with Gasteiger partial charge in [-0.25, -0.2) is 14.2 Å². The number of hydrogen-bond donors (Lipinski definition) is 6. The van der Waals surface area contributed by atoms with Crippen LogP contribution < -0.4 is 32.1 Å². The second kappa shape index (κ2) is 19.5. The number of unbranched alkanes of at least 4 members (excludes halogenated alkanes) is 2. The number of pyridine rings is 2. The lowest BCUT2D eigenvalue weighted by Gasteiger charge is -2.21. The molecule has 0 unspecified atom stereocenters. The first-order valence-corrected chi connectivity index (χ1v) is 20.2. The minimum Gasteiger partial charge on any atom is -0.458 e. The molecule has 0 radical (unpaired) electrons. The number of esters is 1. The first-order valence-electron chi connectivity index (χ1n) is 20.2. The summed E-state index contributed by atoms with van der Waals surface area (Å²) in [5, 5.41) is 23.7. The van der Waals surface area contributed by atoms with Crippen LogP contribution in [0, 0.1) is 12.7 Å². The van der Waals surface area contributed by atoms with Crippen LogP contribution in [0.25, 0.3) is 22.3 Å². The fourth-order valence-corrected chi connectivity index (χ4v) is 7.27. The molecule has 1 aromatic carbocycles. The third-order valence-corrected chi connectivity index (χ3v) is 10.9. The van der Waals surface area contributed by atoms with Gasteiger partial charge in [0.15, 0.2) is 6.10 Å². The lowest BCUT2D eigenvalue weighted by atomic mass is 9.97. The predicted octanol–water partition coefficient (Wildman–Crippen LogP) is -0.331. The maximum absolute atomic E-state index is 14.7. The van der Waals surface area contributed by atoms with E-state index < -0.39 is 84.4 Å². The van der Waals surface area contributed by atoms with Gasteiger partial charge in [-0.1, -0.05) is 6.42 Å². The molecule has 0 bridgehead atoms. The van der Waals surface area contributed by atoms with Gasteiger partial charge in [0.05, 0.1) is 29.0 Å². The van der Waals surface area contributed by atoms with Crippen LogP contribution in [0.3, 0.4) is 0 Å². The van der Waals surface area contributed by atoms with Gasteiger partial charge in [-0.2, -0.15) is 0 Å². The zero-order chi connectivity index (χ0) is 45.7. The summed E-state index contributed by atoms with van der Waals surface area (Å²) in [6.45, 7) is 4.84. The molecule has 7 amide bonds. The SMILES string of the molecule is Cc1cc2c(CNC(=O)COCNC(=O)[C@H](C)NC(=O)[C@@H](C)NC(=O)[C@H](C)NC(=O)CCCCCN3C(=O)C=CC3=O)c3c(nc2cc1F)-c1cc2c(c(=O)n1C3)COC(=O)[C@H]2O. The summed E-state index contributed by atoms with van der Waals surface area (Å²) >= 11 is 0. The van der Waals surface area contributed by atoms with E-state index in [-0.39, 0.29) is 61.1 Å². The number of benzene rings is 1. The third kappa shape index (κ3) is 10.3. The van der Waals surface area contributed by atoms with E-state index in [1.165, 1.54) is 49.6 Å². The highest BCUT2D eigenvalue weighted by atomic mass is 19.1. The van der Waals surface area contributed by atoms with Crippen LogP contribution >= 0.6 is 0 Å². The number of hydrogen-bond acceptors (Lipinski definition) is 13. The Balaban J connectivity index is 0.931. The molecule has 20 nitrogen and oxygen atoms in total. The second-order valence-corrected chi connectivity index (χ2v) is 15.4. The van der Waals surface area contributed by atoms with Gasteiger partial charge in [0.1, 0.15) is 43.9 Å². The highest BCUT2D eigenvalue weighted by molar-refractivity contribution is 6.12. The summed E-state index contributed by atoms with van der Waals surface area (Å²) in [6, 6.07) is 1.21. The van der Waals surface area contributed by atoms with Gasteiger partial charge in [-0.3, -0.25) is 43.3 Å². The van der Waals surface area contributed by atoms with Crippen LogP contribution in [0.5, 0.6) is 0 Å². The van der Waals surface area contributed by atoms with Crippen LogP contribution in [0.2, 0.25) is 0 Å². The smallest absolute Gasteiger partial charge is 0.340 e. The van der Waals surface area contributed by atoms with Crippen molar-refractivity contribution in [1.82, 2.24) is 41.0 Å². The Morgan fingerprint density at radius 1 is 0.873 bits per heavy atom. The summed E-state index contributed by atoms with van der Waals surface area (Å²) in [4.78, 5) is 118. The number of fused-ring (bicyclic) bond motifs is 5. The number of amides is 7. The predicted molar refractivity (Wildman–Crippen MR) is 218 cm³/mol. The van der Waals surface area contributed by atoms with Gasteiger partial charge < -0.3 is 45.7 Å². The summed E-state index contributed by atoms with van der Waals surface area (Å²) < 4.78 is 26.5. The highest BCUT2D eigenvalue weighted by Crippen LogP contribution is 2.38. The van der Waals surface area contributed by atoms with Gasteiger partial charge >= 0.3 is 5.97 Å². The van der Waals surface area contributed by atoms with E-state index in [0.29, 0.717) is 52.7 Å². The van der Waals surface area contributed by atoms with Gasteiger partial charge in [0.2, 0.25) is 29.5 Å². The van der Waals surface area contributed by atoms with E-state index in [2.05, 4.69) is 31.6 Å². The van der Waals surface area contributed by atoms with Crippen LogP contribution in [0.4, 0.5) is 4.39 Å². The minimum absolute atomic E-state index is 0.0441. The maximum atomic E-state index is 14.7. The number of carbonyl (C=O) groups excluding carboxylic acids is 8. The number of aliphatic hydroxyl groups excluding tert-OH is 1. The molecule has 21 heteroatoms. The Hall–Kier alpha value is -6.87. The number of cyclic esters (lactones) is 1.